The Morgan fingerprint density at radius 1 is 1.03 bits per heavy atom. The van der Waals surface area contributed by atoms with Crippen molar-refractivity contribution < 1.29 is 0 Å². The summed E-state index contributed by atoms with van der Waals surface area (Å²) in [6.45, 7) is 11.4. The minimum Gasteiger partial charge on any atom is -0.361 e. The number of H-pyrrole nitrogens is 1. The second kappa shape index (κ2) is 10.1. The van der Waals surface area contributed by atoms with Gasteiger partial charge in [0, 0.05) is 34.8 Å². The molecule has 0 aliphatic rings. The molecule has 1 aromatic carbocycles. The molecule has 29 heavy (non-hydrogen) atoms. The van der Waals surface area contributed by atoms with Gasteiger partial charge in [0.25, 0.3) is 0 Å². The largest absolute Gasteiger partial charge is 0.361 e. The molecule has 3 rings (SSSR count). The molecule has 3 aromatic rings. The SMILES string of the molecule is CCCCC(CC)c1cc(C)n(C(C)CC(CCC)c2cccc3[nH]ccc23)n1. The molecule has 3 unspecified atom stereocenters. The summed E-state index contributed by atoms with van der Waals surface area (Å²) >= 11 is 0. The third kappa shape index (κ3) is 4.94. The summed E-state index contributed by atoms with van der Waals surface area (Å²) in [6, 6.07) is 11.7. The van der Waals surface area contributed by atoms with Crippen LogP contribution in [0, 0.1) is 6.92 Å². The summed E-state index contributed by atoms with van der Waals surface area (Å²) in [5.74, 6) is 1.16. The molecule has 158 valence electrons. The Kier molecular flexibility index (Phi) is 7.57. The number of aromatic amines is 1. The van der Waals surface area contributed by atoms with Crippen molar-refractivity contribution in [1.29, 1.82) is 0 Å². The van der Waals surface area contributed by atoms with Crippen molar-refractivity contribution in [2.45, 2.75) is 97.4 Å². The van der Waals surface area contributed by atoms with E-state index < -0.39 is 0 Å². The lowest BCUT2D eigenvalue weighted by Crippen LogP contribution is -2.14. The number of nitrogens with zero attached hydrogens (tertiary/aromatic N) is 2. The second-order valence-corrected chi connectivity index (χ2v) is 8.76. The second-order valence-electron chi connectivity index (χ2n) is 8.76. The number of hydrogen-bond acceptors (Lipinski definition) is 1. The molecule has 1 N–H and O–H groups in total. The molecule has 3 nitrogen and oxygen atoms in total. The molecule has 0 radical (unpaired) electrons. The summed E-state index contributed by atoms with van der Waals surface area (Å²) in [7, 11) is 0. The molecule has 0 spiro atoms. The lowest BCUT2D eigenvalue weighted by Gasteiger charge is -2.23. The van der Waals surface area contributed by atoms with Gasteiger partial charge < -0.3 is 4.98 Å². The molecular weight excluding hydrogens is 354 g/mol. The number of unbranched alkanes of at least 4 members (excludes halogenated alkanes) is 1. The molecule has 0 saturated carbocycles. The fourth-order valence-corrected chi connectivity index (χ4v) is 4.90. The van der Waals surface area contributed by atoms with Crippen LogP contribution in [0.2, 0.25) is 0 Å². The number of nitrogens with one attached hydrogen (secondary N) is 1. The predicted octanol–water partition coefficient (Wildman–Crippen LogP) is 7.89. The third-order valence-electron chi connectivity index (χ3n) is 6.51. The van der Waals surface area contributed by atoms with E-state index in [1.54, 1.807) is 0 Å². The molecule has 3 heteroatoms. The summed E-state index contributed by atoms with van der Waals surface area (Å²) < 4.78 is 2.30. The van der Waals surface area contributed by atoms with Gasteiger partial charge in [-0.05, 0) is 69.2 Å². The first-order chi connectivity index (χ1) is 14.1. The van der Waals surface area contributed by atoms with E-state index in [-0.39, 0.29) is 0 Å². The van der Waals surface area contributed by atoms with Crippen LogP contribution in [0.1, 0.15) is 107 Å². The Labute approximate surface area is 176 Å². The van der Waals surface area contributed by atoms with Crippen LogP contribution in [0.25, 0.3) is 10.9 Å². The molecule has 3 atom stereocenters. The normalized spacial score (nSPS) is 14.9. The molecule has 0 aliphatic carbocycles. The van der Waals surface area contributed by atoms with Crippen LogP contribution in [0.4, 0.5) is 0 Å². The van der Waals surface area contributed by atoms with E-state index in [1.165, 1.54) is 66.4 Å². The number of aryl methyl sites for hydroxylation is 1. The van der Waals surface area contributed by atoms with Crippen molar-refractivity contribution in [3.8, 4) is 0 Å². The average Bonchev–Trinajstić information content (AvgIpc) is 3.34. The molecule has 0 fully saturated rings. The monoisotopic (exact) mass is 393 g/mol. The minimum atomic E-state index is 0.401. The smallest absolute Gasteiger partial charge is 0.0658 e. The van der Waals surface area contributed by atoms with Crippen LogP contribution in [0.3, 0.4) is 0 Å². The van der Waals surface area contributed by atoms with E-state index in [0.29, 0.717) is 17.9 Å². The topological polar surface area (TPSA) is 33.6 Å². The van der Waals surface area contributed by atoms with Gasteiger partial charge in [-0.15, -0.1) is 0 Å². The van der Waals surface area contributed by atoms with Gasteiger partial charge in [0.05, 0.1) is 5.69 Å². The van der Waals surface area contributed by atoms with Gasteiger partial charge in [-0.3, -0.25) is 4.68 Å². The van der Waals surface area contributed by atoms with Crippen LogP contribution in [0.5, 0.6) is 0 Å². The van der Waals surface area contributed by atoms with Gasteiger partial charge in [-0.2, -0.15) is 5.10 Å². The highest BCUT2D eigenvalue weighted by molar-refractivity contribution is 5.83. The van der Waals surface area contributed by atoms with Crippen LogP contribution in [-0.4, -0.2) is 14.8 Å². The first-order valence-corrected chi connectivity index (χ1v) is 11.7. The maximum Gasteiger partial charge on any atom is 0.0658 e. The Morgan fingerprint density at radius 3 is 2.59 bits per heavy atom. The summed E-state index contributed by atoms with van der Waals surface area (Å²) in [5.41, 5.74) is 5.33. The van der Waals surface area contributed by atoms with Crippen molar-refractivity contribution in [2.75, 3.05) is 0 Å². The molecule has 2 heterocycles. The van der Waals surface area contributed by atoms with Gasteiger partial charge in [0.1, 0.15) is 0 Å². The predicted molar refractivity (Wildman–Crippen MR) is 125 cm³/mol. The van der Waals surface area contributed by atoms with Gasteiger partial charge >= 0.3 is 0 Å². The number of aromatic nitrogens is 3. The third-order valence-corrected chi connectivity index (χ3v) is 6.51. The Hall–Kier alpha value is -2.03. The highest BCUT2D eigenvalue weighted by Crippen LogP contribution is 2.35. The number of fused-ring (bicyclic) bond motifs is 1. The van der Waals surface area contributed by atoms with E-state index in [0.717, 1.165) is 6.42 Å². The fraction of sp³-hybridized carbons (Fsp3) is 0.577. The van der Waals surface area contributed by atoms with Crippen LogP contribution >= 0.6 is 0 Å². The quantitative estimate of drug-likeness (QED) is 0.353. The molecule has 0 amide bonds. The average molecular weight is 394 g/mol. The van der Waals surface area contributed by atoms with E-state index in [9.17, 15) is 0 Å². The van der Waals surface area contributed by atoms with Gasteiger partial charge in [-0.1, -0.05) is 52.2 Å². The maximum atomic E-state index is 5.10. The van der Waals surface area contributed by atoms with E-state index in [2.05, 4.69) is 80.8 Å². The van der Waals surface area contributed by atoms with Crippen molar-refractivity contribution in [2.24, 2.45) is 0 Å². The number of rotatable bonds is 11. The molecular formula is C26H39N3. The van der Waals surface area contributed by atoms with Crippen molar-refractivity contribution >= 4 is 10.9 Å². The van der Waals surface area contributed by atoms with Crippen LogP contribution in [0.15, 0.2) is 36.5 Å². The Morgan fingerprint density at radius 2 is 1.86 bits per heavy atom. The van der Waals surface area contributed by atoms with E-state index in [4.69, 9.17) is 5.10 Å². The summed E-state index contributed by atoms with van der Waals surface area (Å²) in [6.07, 6.45) is 10.6. The van der Waals surface area contributed by atoms with Crippen molar-refractivity contribution in [3.05, 3.63) is 53.5 Å². The summed E-state index contributed by atoms with van der Waals surface area (Å²) in [5, 5.41) is 6.48. The first kappa shape index (κ1) is 21.7. The molecule has 0 aliphatic heterocycles. The van der Waals surface area contributed by atoms with Crippen molar-refractivity contribution in [1.82, 2.24) is 14.8 Å². The minimum absolute atomic E-state index is 0.401. The van der Waals surface area contributed by atoms with Gasteiger partial charge in [-0.25, -0.2) is 0 Å². The summed E-state index contributed by atoms with van der Waals surface area (Å²) in [4.78, 5) is 3.37. The number of hydrogen-bond donors (Lipinski definition) is 1. The zero-order valence-corrected chi connectivity index (χ0v) is 19.0. The lowest BCUT2D eigenvalue weighted by atomic mass is 9.87. The van der Waals surface area contributed by atoms with E-state index >= 15 is 0 Å². The first-order valence-electron chi connectivity index (χ1n) is 11.7. The maximum absolute atomic E-state index is 5.10. The Bertz CT molecular complexity index is 888. The van der Waals surface area contributed by atoms with Gasteiger partial charge in [0.15, 0.2) is 0 Å². The highest BCUT2D eigenvalue weighted by Gasteiger charge is 2.21. The van der Waals surface area contributed by atoms with Crippen LogP contribution < -0.4 is 0 Å². The molecule has 2 aromatic heterocycles. The van der Waals surface area contributed by atoms with Crippen molar-refractivity contribution in [3.63, 3.8) is 0 Å². The zero-order valence-electron chi connectivity index (χ0n) is 19.0. The standard InChI is InChI=1S/C26H39N3/c1-6-9-12-21(8-3)26-18-20(5)29(28-26)19(4)17-22(11-7-2)23-13-10-14-25-24(23)15-16-27-25/h10,13-16,18-19,21-22,27H,6-9,11-12,17H2,1-5H3. The highest BCUT2D eigenvalue weighted by atomic mass is 15.3. The molecule has 0 bridgehead atoms. The zero-order chi connectivity index (χ0) is 20.8. The van der Waals surface area contributed by atoms with Crippen LogP contribution in [-0.2, 0) is 0 Å². The molecule has 0 saturated heterocycles. The lowest BCUT2D eigenvalue weighted by molar-refractivity contribution is 0.394. The fourth-order valence-electron chi connectivity index (χ4n) is 4.90. The Balaban J connectivity index is 1.82. The number of benzene rings is 1. The van der Waals surface area contributed by atoms with E-state index in [1.807, 2.05) is 0 Å². The van der Waals surface area contributed by atoms with Gasteiger partial charge in [0.2, 0.25) is 0 Å².